The quantitative estimate of drug-likeness (QED) is 0.749. The Morgan fingerprint density at radius 1 is 1.62 bits per heavy atom. The Morgan fingerprint density at radius 2 is 2.31 bits per heavy atom. The number of rotatable bonds is 6. The third-order valence-corrected chi connectivity index (χ3v) is 4.88. The van der Waals surface area contributed by atoms with Crippen LogP contribution in [0.15, 0.2) is 15.9 Å². The van der Waals surface area contributed by atoms with Crippen molar-refractivity contribution in [2.24, 2.45) is 0 Å². The molecule has 0 N–H and O–H groups in total. The molecule has 0 radical (unpaired) electrons. The van der Waals surface area contributed by atoms with Crippen LogP contribution in [0.5, 0.6) is 0 Å². The zero-order valence-corrected chi connectivity index (χ0v) is 12.9. The molecular formula is C11H16BrNOS2. The Labute approximate surface area is 114 Å². The lowest BCUT2D eigenvalue weighted by Crippen LogP contribution is -2.35. The molecule has 1 atom stereocenters. The van der Waals surface area contributed by atoms with Crippen molar-refractivity contribution < 1.29 is 4.79 Å². The van der Waals surface area contributed by atoms with Gasteiger partial charge in [0.25, 0.3) is 0 Å². The van der Waals surface area contributed by atoms with Gasteiger partial charge in [-0.1, -0.05) is 0 Å². The van der Waals surface area contributed by atoms with E-state index in [4.69, 9.17) is 0 Å². The molecule has 1 unspecified atom stereocenters. The van der Waals surface area contributed by atoms with Gasteiger partial charge in [-0.15, -0.1) is 11.3 Å². The molecule has 0 aromatic carbocycles. The third kappa shape index (κ3) is 4.20. The molecule has 0 aliphatic rings. The molecule has 0 bridgehead atoms. The second-order valence-corrected chi connectivity index (χ2v) is 7.12. The number of likely N-dealkylation sites (N-methyl/N-ethyl adjacent to an activating group) is 1. The van der Waals surface area contributed by atoms with Gasteiger partial charge in [-0.25, -0.2) is 0 Å². The van der Waals surface area contributed by atoms with Crippen LogP contribution >= 0.6 is 39.0 Å². The summed E-state index contributed by atoms with van der Waals surface area (Å²) in [6.07, 6.45) is 2.09. The Bertz CT molecular complexity index is 354. The van der Waals surface area contributed by atoms with E-state index in [2.05, 4.69) is 34.0 Å². The fourth-order valence-corrected chi connectivity index (χ4v) is 3.35. The predicted molar refractivity (Wildman–Crippen MR) is 76.8 cm³/mol. The maximum Gasteiger partial charge on any atom is 0.186 e. The van der Waals surface area contributed by atoms with E-state index in [0.29, 0.717) is 12.6 Å². The number of hydrogen-bond donors (Lipinski definition) is 0. The molecule has 90 valence electrons. The minimum atomic E-state index is 0.200. The predicted octanol–water partition coefficient (Wildman–Crippen LogP) is 3.38. The maximum absolute atomic E-state index is 11.9. The number of hydrogen-bond acceptors (Lipinski definition) is 4. The largest absolute Gasteiger partial charge is 0.295 e. The normalized spacial score (nSPS) is 13.1. The Morgan fingerprint density at radius 3 is 2.81 bits per heavy atom. The highest BCUT2D eigenvalue weighted by Crippen LogP contribution is 2.22. The molecule has 2 nitrogen and oxygen atoms in total. The van der Waals surface area contributed by atoms with Crippen LogP contribution in [0.3, 0.4) is 0 Å². The lowest BCUT2D eigenvalue weighted by Gasteiger charge is -2.22. The molecule has 0 saturated heterocycles. The lowest BCUT2D eigenvalue weighted by molar-refractivity contribution is 0.0935. The average molecular weight is 322 g/mol. The zero-order chi connectivity index (χ0) is 12.1. The van der Waals surface area contributed by atoms with Gasteiger partial charge in [0, 0.05) is 11.8 Å². The number of carbonyl (C=O) groups is 1. The van der Waals surface area contributed by atoms with Gasteiger partial charge >= 0.3 is 0 Å². The summed E-state index contributed by atoms with van der Waals surface area (Å²) in [5.74, 6) is 1.25. The van der Waals surface area contributed by atoms with Crippen LogP contribution in [0.25, 0.3) is 0 Å². The smallest absolute Gasteiger partial charge is 0.186 e. The summed E-state index contributed by atoms with van der Waals surface area (Å²) in [6.45, 7) is 2.64. The lowest BCUT2D eigenvalue weighted by atomic mass is 10.2. The van der Waals surface area contributed by atoms with Gasteiger partial charge in [-0.3, -0.25) is 9.69 Å². The highest BCUT2D eigenvalue weighted by atomic mass is 79.9. The van der Waals surface area contributed by atoms with E-state index in [9.17, 15) is 4.79 Å². The number of halogens is 1. The van der Waals surface area contributed by atoms with Gasteiger partial charge in [0.2, 0.25) is 0 Å². The second kappa shape index (κ2) is 6.79. The van der Waals surface area contributed by atoms with Crippen molar-refractivity contribution in [3.8, 4) is 0 Å². The number of carbonyl (C=O) groups excluding carboxylic acids is 1. The summed E-state index contributed by atoms with van der Waals surface area (Å²) < 4.78 is 1.01. The van der Waals surface area contributed by atoms with Crippen molar-refractivity contribution in [2.45, 2.75) is 13.0 Å². The summed E-state index contributed by atoms with van der Waals surface area (Å²) in [4.78, 5) is 14.9. The number of thioether (sulfide) groups is 1. The first kappa shape index (κ1) is 14.2. The molecule has 1 rings (SSSR count). The summed E-state index contributed by atoms with van der Waals surface area (Å²) in [5.41, 5.74) is 0. The van der Waals surface area contributed by atoms with Crippen molar-refractivity contribution in [1.29, 1.82) is 0 Å². The first-order chi connectivity index (χ1) is 7.54. The molecule has 1 aromatic rings. The van der Waals surface area contributed by atoms with Crippen LogP contribution in [-0.4, -0.2) is 42.3 Å². The van der Waals surface area contributed by atoms with Crippen molar-refractivity contribution in [3.63, 3.8) is 0 Å². The van der Waals surface area contributed by atoms with Crippen molar-refractivity contribution in [2.75, 3.05) is 25.6 Å². The van der Waals surface area contributed by atoms with E-state index < -0.39 is 0 Å². The van der Waals surface area contributed by atoms with Gasteiger partial charge in [-0.2, -0.15) is 11.8 Å². The van der Waals surface area contributed by atoms with E-state index in [1.807, 2.05) is 30.9 Å². The summed E-state index contributed by atoms with van der Waals surface area (Å²) in [5, 5.41) is 0. The molecular weight excluding hydrogens is 306 g/mol. The van der Waals surface area contributed by atoms with Gasteiger partial charge in [0.05, 0.1) is 15.2 Å². The molecule has 0 saturated carbocycles. The topological polar surface area (TPSA) is 20.3 Å². The van der Waals surface area contributed by atoms with E-state index in [1.54, 1.807) is 0 Å². The van der Waals surface area contributed by atoms with Crippen LogP contribution in [0.1, 0.15) is 16.6 Å². The SMILES string of the molecule is CSCC(C)N(C)CC(=O)c1ccc(Br)s1. The first-order valence-electron chi connectivity index (χ1n) is 5.02. The monoisotopic (exact) mass is 321 g/mol. The van der Waals surface area contributed by atoms with Gasteiger partial charge < -0.3 is 0 Å². The molecule has 0 spiro atoms. The fourth-order valence-electron chi connectivity index (χ4n) is 1.29. The molecule has 0 aliphatic carbocycles. The van der Waals surface area contributed by atoms with Crippen molar-refractivity contribution in [1.82, 2.24) is 4.90 Å². The highest BCUT2D eigenvalue weighted by Gasteiger charge is 2.15. The zero-order valence-electron chi connectivity index (χ0n) is 9.70. The molecule has 0 amide bonds. The summed E-state index contributed by atoms with van der Waals surface area (Å²) in [7, 11) is 2.00. The molecule has 5 heteroatoms. The van der Waals surface area contributed by atoms with Crippen LogP contribution < -0.4 is 0 Å². The first-order valence-corrected chi connectivity index (χ1v) is 8.02. The minimum Gasteiger partial charge on any atom is -0.295 e. The van der Waals surface area contributed by atoms with E-state index in [1.165, 1.54) is 11.3 Å². The van der Waals surface area contributed by atoms with Crippen molar-refractivity contribution in [3.05, 3.63) is 20.8 Å². The second-order valence-electron chi connectivity index (χ2n) is 3.75. The third-order valence-electron chi connectivity index (χ3n) is 2.40. The fraction of sp³-hybridized carbons (Fsp3) is 0.545. The summed E-state index contributed by atoms with van der Waals surface area (Å²) in [6, 6.07) is 4.23. The standard InChI is InChI=1S/C11H16BrNOS2/c1-8(7-15-3)13(2)6-9(14)10-4-5-11(12)16-10/h4-5,8H,6-7H2,1-3H3. The number of thiophene rings is 1. The highest BCUT2D eigenvalue weighted by molar-refractivity contribution is 9.11. The number of Topliss-reactive ketones (excluding diaryl/α,β-unsaturated/α-hetero) is 1. The van der Waals surface area contributed by atoms with Gasteiger partial charge in [0.1, 0.15) is 0 Å². The van der Waals surface area contributed by atoms with Crippen LogP contribution in [0.2, 0.25) is 0 Å². The van der Waals surface area contributed by atoms with Gasteiger partial charge in [-0.05, 0) is 48.3 Å². The van der Waals surface area contributed by atoms with E-state index in [0.717, 1.165) is 14.4 Å². The maximum atomic E-state index is 11.9. The average Bonchev–Trinajstić information content (AvgIpc) is 2.65. The molecule has 1 heterocycles. The molecule has 0 aliphatic heterocycles. The van der Waals surface area contributed by atoms with Crippen molar-refractivity contribution >= 4 is 44.8 Å². The van der Waals surface area contributed by atoms with E-state index >= 15 is 0 Å². The van der Waals surface area contributed by atoms with Crippen LogP contribution in [0, 0.1) is 0 Å². The van der Waals surface area contributed by atoms with Crippen LogP contribution in [0.4, 0.5) is 0 Å². The summed E-state index contributed by atoms with van der Waals surface area (Å²) >= 11 is 6.68. The van der Waals surface area contributed by atoms with Gasteiger partial charge in [0.15, 0.2) is 5.78 Å². The Kier molecular flexibility index (Phi) is 6.03. The number of ketones is 1. The van der Waals surface area contributed by atoms with Crippen LogP contribution in [-0.2, 0) is 0 Å². The Hall–Kier alpha value is 0.160. The van der Waals surface area contributed by atoms with E-state index in [-0.39, 0.29) is 5.78 Å². The Balaban J connectivity index is 2.51. The molecule has 1 aromatic heterocycles. The minimum absolute atomic E-state index is 0.200. The molecule has 16 heavy (non-hydrogen) atoms. The molecule has 0 fully saturated rings. The number of nitrogens with zero attached hydrogens (tertiary/aromatic N) is 1.